The van der Waals surface area contributed by atoms with E-state index in [4.69, 9.17) is 0 Å². The number of benzene rings is 1. The number of amides is 1. The first-order chi connectivity index (χ1) is 14.3. The Balaban J connectivity index is 1.88. The molecule has 3 rings (SSSR count). The molecule has 0 bridgehead atoms. The molecule has 1 fully saturated rings. The van der Waals surface area contributed by atoms with Gasteiger partial charge in [-0.05, 0) is 37.0 Å². The lowest BCUT2D eigenvalue weighted by Crippen LogP contribution is -2.29. The van der Waals surface area contributed by atoms with Crippen LogP contribution in [0.15, 0.2) is 35.4 Å². The molecule has 0 unspecified atom stereocenters. The second-order valence-corrected chi connectivity index (χ2v) is 9.66. The Morgan fingerprint density at radius 1 is 1.26 bits per heavy atom. The zero-order chi connectivity index (χ0) is 23.0. The maximum atomic E-state index is 13.4. The van der Waals surface area contributed by atoms with Crippen LogP contribution in [0, 0.1) is 5.92 Å². The monoisotopic (exact) mass is 465 g/mol. The van der Waals surface area contributed by atoms with Crippen LogP contribution in [-0.4, -0.2) is 36.3 Å². The fourth-order valence-electron chi connectivity index (χ4n) is 3.49. The molecule has 0 saturated heterocycles. The highest BCUT2D eigenvalue weighted by molar-refractivity contribution is 7.90. The highest BCUT2D eigenvalue weighted by Gasteiger charge is 2.40. The summed E-state index contributed by atoms with van der Waals surface area (Å²) in [6.45, 7) is -0.113. The molecule has 1 aromatic heterocycles. The Morgan fingerprint density at radius 2 is 1.90 bits per heavy atom. The minimum Gasteiger partial charge on any atom is -0.321 e. The van der Waals surface area contributed by atoms with Crippen molar-refractivity contribution in [3.05, 3.63) is 41.7 Å². The van der Waals surface area contributed by atoms with Crippen molar-refractivity contribution in [2.24, 2.45) is 5.92 Å². The Morgan fingerprint density at radius 3 is 2.48 bits per heavy atom. The summed E-state index contributed by atoms with van der Waals surface area (Å²) >= 11 is 0. The summed E-state index contributed by atoms with van der Waals surface area (Å²) in [5.41, 5.74) is -2.02. The minimum atomic E-state index is -4.86. The quantitative estimate of drug-likeness (QED) is 0.665. The van der Waals surface area contributed by atoms with Crippen molar-refractivity contribution in [1.29, 1.82) is 0 Å². The summed E-state index contributed by atoms with van der Waals surface area (Å²) < 4.78 is 91.3. The van der Waals surface area contributed by atoms with E-state index in [0.29, 0.717) is 6.20 Å². The zero-order valence-electron chi connectivity index (χ0n) is 16.4. The van der Waals surface area contributed by atoms with Crippen LogP contribution >= 0.6 is 0 Å². The van der Waals surface area contributed by atoms with E-state index in [1.807, 2.05) is 0 Å². The van der Waals surface area contributed by atoms with Gasteiger partial charge in [0.1, 0.15) is 11.3 Å². The van der Waals surface area contributed by atoms with Crippen LogP contribution in [0.3, 0.4) is 0 Å². The van der Waals surface area contributed by atoms with E-state index < -0.39 is 39.1 Å². The molecule has 6 nitrogen and oxygen atoms in total. The van der Waals surface area contributed by atoms with Gasteiger partial charge in [-0.2, -0.15) is 18.3 Å². The third kappa shape index (κ3) is 5.60. The lowest BCUT2D eigenvalue weighted by Gasteiger charge is -2.28. The van der Waals surface area contributed by atoms with E-state index in [-0.39, 0.29) is 48.7 Å². The summed E-state index contributed by atoms with van der Waals surface area (Å²) in [4.78, 5) is 12.6. The molecule has 0 radical (unpaired) electrons. The van der Waals surface area contributed by atoms with E-state index in [0.717, 1.165) is 17.0 Å². The maximum Gasteiger partial charge on any atom is 0.420 e. The van der Waals surface area contributed by atoms with Crippen molar-refractivity contribution in [1.82, 2.24) is 9.78 Å². The van der Waals surface area contributed by atoms with Crippen LogP contribution in [-0.2, 0) is 22.6 Å². The van der Waals surface area contributed by atoms with Crippen LogP contribution < -0.4 is 5.32 Å². The van der Waals surface area contributed by atoms with E-state index in [2.05, 4.69) is 10.4 Å². The fourth-order valence-corrected chi connectivity index (χ4v) is 4.16. The van der Waals surface area contributed by atoms with Gasteiger partial charge >= 0.3 is 6.18 Å². The molecular formula is C19H20F5N3O3S. The number of carbonyl (C=O) groups is 1. The van der Waals surface area contributed by atoms with Crippen LogP contribution in [0.5, 0.6) is 0 Å². The number of aromatic nitrogens is 2. The van der Waals surface area contributed by atoms with Gasteiger partial charge in [-0.1, -0.05) is 6.07 Å². The average molecular weight is 465 g/mol. The van der Waals surface area contributed by atoms with Crippen LogP contribution in [0.1, 0.15) is 41.7 Å². The Kier molecular flexibility index (Phi) is 6.14. The molecule has 0 atom stereocenters. The largest absolute Gasteiger partial charge is 0.420 e. The predicted octanol–water partition coefficient (Wildman–Crippen LogP) is 4.38. The van der Waals surface area contributed by atoms with Crippen molar-refractivity contribution in [2.75, 3.05) is 11.6 Å². The van der Waals surface area contributed by atoms with Gasteiger partial charge in [0.2, 0.25) is 5.92 Å². The molecule has 1 aromatic carbocycles. The van der Waals surface area contributed by atoms with Crippen LogP contribution in [0.4, 0.5) is 27.6 Å². The first-order valence-electron chi connectivity index (χ1n) is 9.38. The van der Waals surface area contributed by atoms with Crippen LogP contribution in [0.2, 0.25) is 0 Å². The maximum absolute atomic E-state index is 13.4. The molecule has 31 heavy (non-hydrogen) atoms. The number of halogens is 5. The topological polar surface area (TPSA) is 81.1 Å². The Labute approximate surface area is 175 Å². The van der Waals surface area contributed by atoms with Crippen molar-refractivity contribution < 1.29 is 35.2 Å². The number of alkyl halides is 5. The number of carbonyl (C=O) groups excluding carboxylic acids is 1. The summed E-state index contributed by atoms with van der Waals surface area (Å²) in [6, 6.07) is 5.10. The smallest absolute Gasteiger partial charge is 0.321 e. The zero-order valence-corrected chi connectivity index (χ0v) is 17.2. The highest BCUT2D eigenvalue weighted by atomic mass is 32.2. The van der Waals surface area contributed by atoms with E-state index >= 15 is 0 Å². The first-order valence-corrected chi connectivity index (χ1v) is 11.3. The van der Waals surface area contributed by atoms with Gasteiger partial charge in [0, 0.05) is 31.3 Å². The molecule has 1 saturated carbocycles. The second kappa shape index (κ2) is 8.21. The van der Waals surface area contributed by atoms with E-state index in [1.165, 1.54) is 18.2 Å². The van der Waals surface area contributed by atoms with Gasteiger partial charge in [-0.3, -0.25) is 9.48 Å². The molecule has 12 heteroatoms. The summed E-state index contributed by atoms with van der Waals surface area (Å²) in [5.74, 6) is -4.26. The van der Waals surface area contributed by atoms with Gasteiger partial charge in [-0.25, -0.2) is 17.2 Å². The molecule has 0 aliphatic heterocycles. The molecule has 1 aliphatic rings. The molecular weight excluding hydrogens is 445 g/mol. The Bertz CT molecular complexity index is 1070. The second-order valence-electron chi connectivity index (χ2n) is 7.64. The summed E-state index contributed by atoms with van der Waals surface area (Å²) in [5, 5.41) is 5.96. The molecule has 2 aromatic rings. The highest BCUT2D eigenvalue weighted by Crippen LogP contribution is 2.38. The summed E-state index contributed by atoms with van der Waals surface area (Å²) in [7, 11) is -3.59. The van der Waals surface area contributed by atoms with E-state index in [9.17, 15) is 35.2 Å². The van der Waals surface area contributed by atoms with Crippen molar-refractivity contribution >= 4 is 21.4 Å². The number of sulfone groups is 1. The standard InChI is InChI=1S/C19H20F5N3O3S/c1-31(29,30)14-4-2-3-13(9-14)26-17(28)16-15(19(22,23)24)10-25-27(16)11-12-5-7-18(20,21)8-6-12/h2-4,9-10,12H,5-8,11H2,1H3,(H,26,28). The third-order valence-electron chi connectivity index (χ3n) is 5.15. The number of nitrogens with zero attached hydrogens (tertiary/aromatic N) is 2. The molecule has 1 N–H and O–H groups in total. The van der Waals surface area contributed by atoms with Gasteiger partial charge in [0.05, 0.1) is 11.1 Å². The van der Waals surface area contributed by atoms with Gasteiger partial charge in [0.25, 0.3) is 5.91 Å². The number of hydrogen-bond donors (Lipinski definition) is 1. The number of hydrogen-bond acceptors (Lipinski definition) is 4. The number of anilines is 1. The molecule has 1 aliphatic carbocycles. The number of rotatable bonds is 5. The lowest BCUT2D eigenvalue weighted by atomic mass is 9.87. The van der Waals surface area contributed by atoms with Crippen LogP contribution in [0.25, 0.3) is 0 Å². The van der Waals surface area contributed by atoms with Crippen molar-refractivity contribution in [3.8, 4) is 0 Å². The summed E-state index contributed by atoms with van der Waals surface area (Å²) in [6.07, 6.45) is -3.91. The molecule has 0 spiro atoms. The molecule has 1 heterocycles. The van der Waals surface area contributed by atoms with Gasteiger partial charge in [-0.15, -0.1) is 0 Å². The van der Waals surface area contributed by atoms with E-state index in [1.54, 1.807) is 0 Å². The average Bonchev–Trinajstić information content (AvgIpc) is 3.07. The van der Waals surface area contributed by atoms with Crippen molar-refractivity contribution in [3.63, 3.8) is 0 Å². The normalized spacial score (nSPS) is 17.5. The minimum absolute atomic E-state index is 0.00823. The molecule has 1 amide bonds. The fraction of sp³-hybridized carbons (Fsp3) is 0.474. The van der Waals surface area contributed by atoms with Gasteiger partial charge in [0.15, 0.2) is 9.84 Å². The number of nitrogens with one attached hydrogen (secondary N) is 1. The lowest BCUT2D eigenvalue weighted by molar-refractivity contribution is -0.138. The third-order valence-corrected chi connectivity index (χ3v) is 6.26. The van der Waals surface area contributed by atoms with Gasteiger partial charge < -0.3 is 5.32 Å². The predicted molar refractivity (Wildman–Crippen MR) is 102 cm³/mol. The Hall–Kier alpha value is -2.50. The van der Waals surface area contributed by atoms with Crippen molar-refractivity contribution in [2.45, 2.75) is 49.2 Å². The first kappa shape index (κ1) is 23.2. The molecule has 170 valence electrons. The SMILES string of the molecule is CS(=O)(=O)c1cccc(NC(=O)c2c(C(F)(F)F)cnn2CC2CCC(F)(F)CC2)c1.